The first-order chi connectivity index (χ1) is 33.0. The molecule has 12 rings (SSSR count). The van der Waals surface area contributed by atoms with Gasteiger partial charge in [0.2, 0.25) is 11.8 Å². The van der Waals surface area contributed by atoms with E-state index in [0.717, 1.165) is 92.4 Å². The largest absolute Gasteiger partial charge is 0.465 e. The Morgan fingerprint density at radius 2 is 1.12 bits per heavy atom. The van der Waals surface area contributed by atoms with Crippen LogP contribution in [-0.2, 0) is 19.1 Å². The lowest BCUT2D eigenvalue weighted by Gasteiger charge is -2.35. The number of ether oxygens (including phenoxy) is 2. The average Bonchev–Trinajstić information content (AvgIpc) is 4.00. The van der Waals surface area contributed by atoms with E-state index >= 15 is 0 Å². The summed E-state index contributed by atoms with van der Waals surface area (Å²) < 4.78 is 11.0. The van der Waals surface area contributed by atoms with Crippen molar-refractivity contribution in [2.45, 2.75) is 101 Å². The van der Waals surface area contributed by atoms with Crippen LogP contribution in [0.1, 0.15) is 86.4 Å². The number of nitrogens with zero attached hydrogens (tertiary/aromatic N) is 6. The van der Waals surface area contributed by atoms with E-state index in [2.05, 4.69) is 45.7 Å². The number of hydrogen-bond acceptors (Lipinski definition) is 10. The average molecular weight is 923 g/mol. The second kappa shape index (κ2) is 16.5. The molecule has 7 heterocycles. The van der Waals surface area contributed by atoms with Gasteiger partial charge >= 0.3 is 12.2 Å². The number of imidazole rings is 2. The van der Waals surface area contributed by atoms with Crippen molar-refractivity contribution in [2.24, 2.45) is 23.7 Å². The van der Waals surface area contributed by atoms with Crippen LogP contribution in [0.25, 0.3) is 55.5 Å². The third kappa shape index (κ3) is 7.48. The summed E-state index contributed by atoms with van der Waals surface area (Å²) in [6.07, 6.45) is 3.52. The molecule has 4 aliphatic heterocycles. The number of carbonyl (C=O) groups is 4. The van der Waals surface area contributed by atoms with Crippen molar-refractivity contribution in [2.75, 3.05) is 26.4 Å². The predicted molar refractivity (Wildman–Crippen MR) is 248 cm³/mol. The van der Waals surface area contributed by atoms with Gasteiger partial charge in [0.1, 0.15) is 23.7 Å². The zero-order valence-corrected chi connectivity index (χ0v) is 37.9. The Bertz CT molecular complexity index is 2880. The topological polar surface area (TPSA) is 241 Å². The number of fused-ring (bicyclic) bond motifs is 5. The van der Waals surface area contributed by atoms with Crippen LogP contribution in [0.3, 0.4) is 0 Å². The molecule has 8 atom stereocenters. The molecule has 4 amide bonds. The van der Waals surface area contributed by atoms with E-state index in [1.807, 2.05) is 47.1 Å². The van der Waals surface area contributed by atoms with E-state index in [0.29, 0.717) is 75.6 Å². The fourth-order valence-electron chi connectivity index (χ4n) is 12.1. The van der Waals surface area contributed by atoms with Crippen LogP contribution >= 0.6 is 0 Å². The third-order valence-corrected chi connectivity index (χ3v) is 15.8. The monoisotopic (exact) mass is 922 g/mol. The molecule has 18 heteroatoms. The SMILES string of the molecule is Cc1nc2c(C)c(-c3ccc4nc([C@@H]5C[C@H]6CC6N5C(=O)[C@H](NC(=O)O)C5CCOCC5)[nH]c4c3)ccc2nc1-c1ccc2nc([C@@H]3C[C@H]4CC4N3C(=O)[C@H](NC(=O)O)C3CCOCC3)[nH]c2c1. The van der Waals surface area contributed by atoms with E-state index in [1.165, 1.54) is 0 Å². The highest BCUT2D eigenvalue weighted by Crippen LogP contribution is 2.55. The maximum Gasteiger partial charge on any atom is 0.405 e. The summed E-state index contributed by atoms with van der Waals surface area (Å²) >= 11 is 0. The Morgan fingerprint density at radius 1 is 0.632 bits per heavy atom. The number of rotatable bonds is 10. The van der Waals surface area contributed by atoms with E-state index in [-0.39, 0.29) is 47.8 Å². The number of nitrogens with one attached hydrogen (secondary N) is 4. The minimum atomic E-state index is -1.20. The van der Waals surface area contributed by atoms with Crippen LogP contribution in [0.5, 0.6) is 0 Å². The van der Waals surface area contributed by atoms with E-state index in [4.69, 9.17) is 29.4 Å². The zero-order chi connectivity index (χ0) is 46.5. The molecule has 0 bridgehead atoms. The molecular formula is C50H54N10O8. The quantitative estimate of drug-likeness (QED) is 0.0833. The van der Waals surface area contributed by atoms with Crippen molar-refractivity contribution in [1.82, 2.24) is 50.3 Å². The molecule has 0 spiro atoms. The van der Waals surface area contributed by atoms with Crippen LogP contribution < -0.4 is 10.6 Å². The number of piperidine rings is 2. The first-order valence-electron chi connectivity index (χ1n) is 24.0. The molecule has 6 aromatic rings. The van der Waals surface area contributed by atoms with Gasteiger partial charge in [-0.15, -0.1) is 0 Å². The van der Waals surface area contributed by atoms with Crippen LogP contribution in [-0.4, -0.2) is 125 Å². The number of carboxylic acid groups (broad SMARTS) is 2. The van der Waals surface area contributed by atoms with Crippen LogP contribution in [0.4, 0.5) is 9.59 Å². The predicted octanol–water partition coefficient (Wildman–Crippen LogP) is 6.78. The molecule has 3 aromatic carbocycles. The molecule has 352 valence electrons. The second-order valence-corrected chi connectivity index (χ2v) is 19.8. The van der Waals surface area contributed by atoms with E-state index in [1.54, 1.807) is 0 Å². The number of carbonyl (C=O) groups excluding carboxylic acids is 2. The summed E-state index contributed by atoms with van der Waals surface area (Å²) in [4.78, 5) is 83.3. The van der Waals surface area contributed by atoms with Crippen LogP contribution in [0.15, 0.2) is 48.5 Å². The Balaban J connectivity index is 0.794. The number of aromatic nitrogens is 6. The van der Waals surface area contributed by atoms with Gasteiger partial charge in [0.15, 0.2) is 0 Å². The molecule has 2 unspecified atom stereocenters. The highest BCUT2D eigenvalue weighted by atomic mass is 16.5. The summed E-state index contributed by atoms with van der Waals surface area (Å²) in [6.45, 7) is 6.06. The molecule has 0 radical (unpaired) electrons. The lowest BCUT2D eigenvalue weighted by molar-refractivity contribution is -0.138. The second-order valence-electron chi connectivity index (χ2n) is 19.8. The molecule has 2 saturated carbocycles. The molecule has 4 saturated heterocycles. The van der Waals surface area contributed by atoms with Gasteiger partial charge in [-0.1, -0.05) is 18.2 Å². The number of amides is 4. The molecular weight excluding hydrogens is 869 g/mol. The zero-order valence-electron chi connectivity index (χ0n) is 37.9. The van der Waals surface area contributed by atoms with Crippen LogP contribution in [0.2, 0.25) is 0 Å². The molecule has 68 heavy (non-hydrogen) atoms. The molecule has 6 fully saturated rings. The third-order valence-electron chi connectivity index (χ3n) is 15.8. The first kappa shape index (κ1) is 42.7. The number of aromatic amines is 2. The summed E-state index contributed by atoms with van der Waals surface area (Å²) in [7, 11) is 0. The minimum absolute atomic E-state index is 0.0831. The number of H-pyrrole nitrogens is 2. The molecule has 6 N–H and O–H groups in total. The lowest BCUT2D eigenvalue weighted by Crippen LogP contribution is -2.53. The van der Waals surface area contributed by atoms with E-state index in [9.17, 15) is 29.4 Å². The van der Waals surface area contributed by atoms with Crippen molar-refractivity contribution in [1.29, 1.82) is 0 Å². The molecule has 3 aromatic heterocycles. The maximum atomic E-state index is 14.2. The summed E-state index contributed by atoms with van der Waals surface area (Å²) in [5, 5.41) is 24.5. The summed E-state index contributed by atoms with van der Waals surface area (Å²) in [5.41, 5.74) is 10.2. The van der Waals surface area contributed by atoms with Crippen molar-refractivity contribution >= 4 is 57.1 Å². The number of benzene rings is 3. The summed E-state index contributed by atoms with van der Waals surface area (Å²) in [6, 6.07) is 14.2. The van der Waals surface area contributed by atoms with Gasteiger partial charge in [-0.3, -0.25) is 9.59 Å². The number of hydrogen-bond donors (Lipinski definition) is 6. The fraction of sp³-hybridized carbons (Fsp3) is 0.480. The van der Waals surface area contributed by atoms with Gasteiger partial charge in [-0.25, -0.2) is 29.5 Å². The van der Waals surface area contributed by atoms with Gasteiger partial charge in [0.25, 0.3) is 0 Å². The summed E-state index contributed by atoms with van der Waals surface area (Å²) in [5.74, 6) is 1.56. The Kier molecular flexibility index (Phi) is 10.4. The Morgan fingerprint density at radius 3 is 1.63 bits per heavy atom. The van der Waals surface area contributed by atoms with Crippen molar-refractivity contribution in [3.8, 4) is 22.4 Å². The van der Waals surface area contributed by atoms with Crippen molar-refractivity contribution in [3.05, 3.63) is 71.4 Å². The molecule has 2 aliphatic carbocycles. The standard InChI is InChI=1S/C50H54N10O8/c1-23-31(27-3-6-32-35(17-27)55-45(53-32)39-21-29-19-37(29)59(39)47(61)43(57-49(63)64)25-9-13-67-14-10-25)5-8-34-41(23)51-24(2)42(52-34)28-4-7-33-36(18-28)56-46(54-33)40-22-30-20-38(30)60(40)48(62)44(58-50(65)66)26-11-15-68-16-12-26/h3-8,17-18,25-26,29-30,37-40,43-44,57-58H,9-16,19-22H2,1-2H3,(H,53,55)(H,54,56)(H,63,64)(H,65,66)/t29-,30-,37?,38?,39+,40+,43-,44-/m1/s1. The first-order valence-corrected chi connectivity index (χ1v) is 24.0. The van der Waals surface area contributed by atoms with Crippen molar-refractivity contribution in [3.63, 3.8) is 0 Å². The van der Waals surface area contributed by atoms with E-state index < -0.39 is 24.3 Å². The normalized spacial score (nSPS) is 25.6. The lowest BCUT2D eigenvalue weighted by atomic mass is 9.90. The van der Waals surface area contributed by atoms with Crippen LogP contribution in [0, 0.1) is 37.5 Å². The van der Waals surface area contributed by atoms with Gasteiger partial charge < -0.3 is 50.1 Å². The maximum absolute atomic E-state index is 14.2. The highest BCUT2D eigenvalue weighted by Gasteiger charge is 2.58. The highest BCUT2D eigenvalue weighted by molar-refractivity contribution is 5.92. The van der Waals surface area contributed by atoms with Gasteiger partial charge in [-0.2, -0.15) is 0 Å². The Labute approximate surface area is 390 Å². The van der Waals surface area contributed by atoms with Crippen molar-refractivity contribution < 1.29 is 38.9 Å². The molecule has 6 aliphatic rings. The van der Waals surface area contributed by atoms with Gasteiger partial charge in [-0.05, 0) is 136 Å². The smallest absolute Gasteiger partial charge is 0.405 e. The van der Waals surface area contributed by atoms with Gasteiger partial charge in [0.05, 0.1) is 56.6 Å². The Hall–Kier alpha value is -6.66. The van der Waals surface area contributed by atoms with Gasteiger partial charge in [0, 0.05) is 44.1 Å². The minimum Gasteiger partial charge on any atom is -0.465 e. The number of likely N-dealkylation sites (tertiary alicyclic amines) is 2. The number of aryl methyl sites for hydroxylation is 2. The fourth-order valence-corrected chi connectivity index (χ4v) is 12.1. The molecule has 18 nitrogen and oxygen atoms in total.